The summed E-state index contributed by atoms with van der Waals surface area (Å²) in [6.45, 7) is 5.37. The molecule has 0 atom stereocenters. The first-order chi connectivity index (χ1) is 8.07. The van der Waals surface area contributed by atoms with Crippen molar-refractivity contribution in [3.63, 3.8) is 0 Å². The van der Waals surface area contributed by atoms with Crippen LogP contribution in [0.1, 0.15) is 19.5 Å². The summed E-state index contributed by atoms with van der Waals surface area (Å²) >= 11 is 0. The topological polar surface area (TPSA) is 4.93 Å². The summed E-state index contributed by atoms with van der Waals surface area (Å²) in [6.07, 6.45) is 2.59. The largest absolute Gasteiger partial charge is 0.347 e. The van der Waals surface area contributed by atoms with E-state index >= 15 is 0 Å². The number of halogens is 1. The van der Waals surface area contributed by atoms with E-state index in [1.165, 1.54) is 0 Å². The van der Waals surface area contributed by atoms with E-state index < -0.39 is 0 Å². The zero-order valence-corrected chi connectivity index (χ0v) is 10.2. The fourth-order valence-corrected chi connectivity index (χ4v) is 2.77. The van der Waals surface area contributed by atoms with Crippen LogP contribution < -0.4 is 0 Å². The van der Waals surface area contributed by atoms with Crippen LogP contribution in [0, 0.1) is 11.2 Å². The SMILES string of the molecule is CC1(C)Cc2c(-c3ccccc3)c(F)cn2C1. The fourth-order valence-electron chi connectivity index (χ4n) is 2.77. The second-order valence-electron chi connectivity index (χ2n) is 5.63. The molecule has 3 rings (SSSR count). The highest BCUT2D eigenvalue weighted by Gasteiger charge is 2.32. The first kappa shape index (κ1) is 10.6. The summed E-state index contributed by atoms with van der Waals surface area (Å²) in [5, 5.41) is 0. The summed E-state index contributed by atoms with van der Waals surface area (Å²) < 4.78 is 16.1. The normalized spacial score (nSPS) is 17.1. The highest BCUT2D eigenvalue weighted by atomic mass is 19.1. The molecule has 17 heavy (non-hydrogen) atoms. The van der Waals surface area contributed by atoms with Gasteiger partial charge in [-0.05, 0) is 17.4 Å². The van der Waals surface area contributed by atoms with Crippen LogP contribution in [0.3, 0.4) is 0 Å². The van der Waals surface area contributed by atoms with Crippen molar-refractivity contribution < 1.29 is 4.39 Å². The van der Waals surface area contributed by atoms with E-state index in [0.717, 1.165) is 29.8 Å². The molecule has 1 aliphatic rings. The minimum atomic E-state index is -0.0956. The van der Waals surface area contributed by atoms with E-state index in [2.05, 4.69) is 18.4 Å². The Labute approximate surface area is 101 Å². The van der Waals surface area contributed by atoms with Crippen LogP contribution in [0.4, 0.5) is 4.39 Å². The molecule has 0 bridgehead atoms. The summed E-state index contributed by atoms with van der Waals surface area (Å²) in [4.78, 5) is 0. The highest BCUT2D eigenvalue weighted by Crippen LogP contribution is 2.39. The number of aromatic nitrogens is 1. The third-order valence-corrected chi connectivity index (χ3v) is 3.45. The van der Waals surface area contributed by atoms with Crippen molar-refractivity contribution in [2.75, 3.05) is 0 Å². The van der Waals surface area contributed by atoms with Crippen molar-refractivity contribution in [2.24, 2.45) is 5.41 Å². The van der Waals surface area contributed by atoms with Gasteiger partial charge >= 0.3 is 0 Å². The summed E-state index contributed by atoms with van der Waals surface area (Å²) in [7, 11) is 0. The van der Waals surface area contributed by atoms with E-state index in [-0.39, 0.29) is 11.2 Å². The van der Waals surface area contributed by atoms with Crippen LogP contribution in [0.5, 0.6) is 0 Å². The molecule has 0 saturated heterocycles. The summed E-state index contributed by atoms with van der Waals surface area (Å²) in [6, 6.07) is 9.83. The van der Waals surface area contributed by atoms with Crippen LogP contribution in [0.15, 0.2) is 36.5 Å². The van der Waals surface area contributed by atoms with Gasteiger partial charge in [-0.2, -0.15) is 0 Å². The van der Waals surface area contributed by atoms with Gasteiger partial charge in [-0.15, -0.1) is 0 Å². The number of fused-ring (bicyclic) bond motifs is 1. The second kappa shape index (κ2) is 3.46. The Morgan fingerprint density at radius 2 is 1.88 bits per heavy atom. The molecule has 0 unspecified atom stereocenters. The lowest BCUT2D eigenvalue weighted by Gasteiger charge is -2.15. The van der Waals surface area contributed by atoms with Gasteiger partial charge < -0.3 is 4.57 Å². The van der Waals surface area contributed by atoms with E-state index in [0.29, 0.717) is 0 Å². The van der Waals surface area contributed by atoms with Gasteiger partial charge in [0, 0.05) is 24.0 Å². The molecule has 0 aliphatic carbocycles. The van der Waals surface area contributed by atoms with Crippen LogP contribution in [-0.4, -0.2) is 4.57 Å². The Morgan fingerprint density at radius 3 is 2.59 bits per heavy atom. The molecule has 2 heteroatoms. The molecule has 0 fully saturated rings. The van der Waals surface area contributed by atoms with Crippen LogP contribution >= 0.6 is 0 Å². The van der Waals surface area contributed by atoms with Gasteiger partial charge in [-0.1, -0.05) is 44.2 Å². The van der Waals surface area contributed by atoms with Crippen molar-refractivity contribution in [1.82, 2.24) is 4.57 Å². The number of rotatable bonds is 1. The molecule has 0 saturated carbocycles. The molecule has 1 nitrogen and oxygen atoms in total. The van der Waals surface area contributed by atoms with Crippen molar-refractivity contribution in [2.45, 2.75) is 26.8 Å². The maximum atomic E-state index is 14.0. The third kappa shape index (κ3) is 1.68. The maximum absolute atomic E-state index is 14.0. The summed E-state index contributed by atoms with van der Waals surface area (Å²) in [5.41, 5.74) is 3.15. The Bertz CT molecular complexity index is 552. The van der Waals surface area contributed by atoms with E-state index in [1.54, 1.807) is 6.20 Å². The van der Waals surface area contributed by atoms with E-state index in [1.807, 2.05) is 30.3 Å². The molecule has 0 N–H and O–H groups in total. The molecule has 0 radical (unpaired) electrons. The van der Waals surface area contributed by atoms with Crippen LogP contribution in [-0.2, 0) is 13.0 Å². The molecule has 0 spiro atoms. The van der Waals surface area contributed by atoms with Crippen molar-refractivity contribution in [1.29, 1.82) is 0 Å². The van der Waals surface area contributed by atoms with Crippen LogP contribution in [0.2, 0.25) is 0 Å². The van der Waals surface area contributed by atoms with Gasteiger partial charge in [-0.3, -0.25) is 0 Å². The average molecular weight is 229 g/mol. The Hall–Kier alpha value is -1.57. The first-order valence-corrected chi connectivity index (χ1v) is 6.00. The van der Waals surface area contributed by atoms with Crippen LogP contribution in [0.25, 0.3) is 11.1 Å². The molecule has 2 aromatic rings. The molecular weight excluding hydrogens is 213 g/mol. The lowest BCUT2D eigenvalue weighted by molar-refractivity contribution is 0.357. The zero-order valence-electron chi connectivity index (χ0n) is 10.2. The van der Waals surface area contributed by atoms with E-state index in [4.69, 9.17) is 0 Å². The maximum Gasteiger partial charge on any atom is 0.148 e. The smallest absolute Gasteiger partial charge is 0.148 e. The quantitative estimate of drug-likeness (QED) is 0.699. The minimum Gasteiger partial charge on any atom is -0.347 e. The van der Waals surface area contributed by atoms with Gasteiger partial charge in [0.1, 0.15) is 5.82 Å². The number of benzene rings is 1. The third-order valence-electron chi connectivity index (χ3n) is 3.45. The van der Waals surface area contributed by atoms with Gasteiger partial charge in [0.05, 0.1) is 0 Å². The Kier molecular flexibility index (Phi) is 2.15. The molecular formula is C15H16FN. The van der Waals surface area contributed by atoms with Gasteiger partial charge in [0.15, 0.2) is 0 Å². The molecule has 1 aliphatic heterocycles. The molecule has 88 valence electrons. The van der Waals surface area contributed by atoms with E-state index in [9.17, 15) is 4.39 Å². The predicted octanol–water partition coefficient (Wildman–Crippen LogP) is 3.88. The lowest BCUT2D eigenvalue weighted by atomic mass is 9.89. The van der Waals surface area contributed by atoms with Crippen molar-refractivity contribution in [3.8, 4) is 11.1 Å². The average Bonchev–Trinajstić information content (AvgIpc) is 2.69. The first-order valence-electron chi connectivity index (χ1n) is 6.00. The monoisotopic (exact) mass is 229 g/mol. The van der Waals surface area contributed by atoms with Gasteiger partial charge in [-0.25, -0.2) is 4.39 Å². The van der Waals surface area contributed by atoms with Crippen molar-refractivity contribution >= 4 is 0 Å². The predicted molar refractivity (Wildman–Crippen MR) is 67.3 cm³/mol. The van der Waals surface area contributed by atoms with Gasteiger partial charge in [0.2, 0.25) is 0 Å². The molecule has 1 aromatic heterocycles. The summed E-state index contributed by atoms with van der Waals surface area (Å²) in [5.74, 6) is -0.0956. The van der Waals surface area contributed by atoms with Gasteiger partial charge in [0.25, 0.3) is 0 Å². The zero-order chi connectivity index (χ0) is 12.0. The Balaban J connectivity index is 2.14. The molecule has 0 amide bonds. The molecule has 1 aromatic carbocycles. The fraction of sp³-hybridized carbons (Fsp3) is 0.333. The minimum absolute atomic E-state index is 0.0956. The number of nitrogens with zero attached hydrogens (tertiary/aromatic N) is 1. The second-order valence-corrected chi connectivity index (χ2v) is 5.63. The number of hydrogen-bond acceptors (Lipinski definition) is 0. The molecule has 2 heterocycles. The standard InChI is InChI=1S/C15H16FN/c1-15(2)8-13-14(11-6-4-3-5-7-11)12(16)9-17(13)10-15/h3-7,9H,8,10H2,1-2H3. The number of hydrogen-bond donors (Lipinski definition) is 0. The highest BCUT2D eigenvalue weighted by molar-refractivity contribution is 5.67. The lowest BCUT2D eigenvalue weighted by Crippen LogP contribution is -2.12. The van der Waals surface area contributed by atoms with Crippen molar-refractivity contribution in [3.05, 3.63) is 48.0 Å². The Morgan fingerprint density at radius 1 is 1.18 bits per heavy atom.